The summed E-state index contributed by atoms with van der Waals surface area (Å²) in [6, 6.07) is 44.0. The minimum atomic E-state index is 0.824. The normalized spacial score (nSPS) is 11.0. The van der Waals surface area contributed by atoms with Crippen LogP contribution in [0.4, 0.5) is 0 Å². The van der Waals surface area contributed by atoms with Gasteiger partial charge in [-0.1, -0.05) is 121 Å². The van der Waals surface area contributed by atoms with Crippen LogP contribution in [0, 0.1) is 0 Å². The third-order valence-electron chi connectivity index (χ3n) is 5.95. The maximum Gasteiger partial charge on any atom is 0.168 e. The molecule has 0 amide bonds. The van der Waals surface area contributed by atoms with Crippen molar-refractivity contribution in [2.75, 3.05) is 0 Å². The molecule has 0 aliphatic rings. The van der Waals surface area contributed by atoms with E-state index < -0.39 is 0 Å². The first kappa shape index (κ1) is 19.2. The summed E-state index contributed by atoms with van der Waals surface area (Å²) < 4.78 is 2.18. The van der Waals surface area contributed by atoms with E-state index in [-0.39, 0.29) is 0 Å². The van der Waals surface area contributed by atoms with E-state index in [1.54, 1.807) is 0 Å². The zero-order valence-corrected chi connectivity index (χ0v) is 18.0. The van der Waals surface area contributed by atoms with Crippen molar-refractivity contribution in [2.24, 2.45) is 0 Å². The number of hydrogen-bond donors (Lipinski definition) is 0. The molecule has 0 unspecified atom stereocenters. The highest BCUT2D eigenvalue weighted by molar-refractivity contribution is 5.91. The Hall–Kier alpha value is -4.50. The summed E-state index contributed by atoms with van der Waals surface area (Å²) in [7, 11) is 0. The molecule has 6 rings (SSSR count). The molecule has 5 aromatic carbocycles. The van der Waals surface area contributed by atoms with E-state index in [0.29, 0.717) is 0 Å². The fourth-order valence-electron chi connectivity index (χ4n) is 4.32. The maximum absolute atomic E-state index is 4.66. The van der Waals surface area contributed by atoms with Crippen molar-refractivity contribution in [1.82, 2.24) is 14.8 Å². The molecule has 0 N–H and O–H groups in total. The van der Waals surface area contributed by atoms with E-state index >= 15 is 0 Å². The molecular weight excluding hydrogens is 402 g/mol. The van der Waals surface area contributed by atoms with Crippen LogP contribution in [0.1, 0.15) is 0 Å². The fourth-order valence-corrected chi connectivity index (χ4v) is 4.32. The number of fused-ring (bicyclic) bond motifs is 1. The number of benzene rings is 5. The van der Waals surface area contributed by atoms with Crippen LogP contribution in [-0.4, -0.2) is 14.8 Å². The summed E-state index contributed by atoms with van der Waals surface area (Å²) in [5.41, 5.74) is 5.50. The van der Waals surface area contributed by atoms with E-state index in [1.807, 2.05) is 24.3 Å². The molecule has 0 spiro atoms. The lowest BCUT2D eigenvalue weighted by molar-refractivity contribution is 1.08. The average Bonchev–Trinajstić information content (AvgIpc) is 3.34. The second kappa shape index (κ2) is 8.21. The van der Waals surface area contributed by atoms with E-state index in [2.05, 4.69) is 118 Å². The predicted octanol–water partition coefficient (Wildman–Crippen LogP) is 7.42. The highest BCUT2D eigenvalue weighted by Crippen LogP contribution is 2.33. The largest absolute Gasteiger partial charge is 0.274 e. The third-order valence-corrected chi connectivity index (χ3v) is 5.95. The van der Waals surface area contributed by atoms with Gasteiger partial charge in [0, 0.05) is 16.5 Å². The Morgan fingerprint density at radius 2 is 0.879 bits per heavy atom. The van der Waals surface area contributed by atoms with E-state index in [1.165, 1.54) is 21.9 Å². The minimum absolute atomic E-state index is 0.824. The topological polar surface area (TPSA) is 30.7 Å². The summed E-state index contributed by atoms with van der Waals surface area (Å²) in [6.45, 7) is 0. The van der Waals surface area contributed by atoms with E-state index in [0.717, 1.165) is 28.5 Å². The Morgan fingerprint density at radius 3 is 1.58 bits per heavy atom. The van der Waals surface area contributed by atoms with E-state index in [4.69, 9.17) is 0 Å². The molecule has 156 valence electrons. The monoisotopic (exact) mass is 423 g/mol. The Balaban J connectivity index is 1.56. The Morgan fingerprint density at radius 1 is 0.394 bits per heavy atom. The van der Waals surface area contributed by atoms with Gasteiger partial charge in [-0.2, -0.15) is 0 Å². The van der Waals surface area contributed by atoms with Crippen LogP contribution in [0.3, 0.4) is 0 Å². The summed E-state index contributed by atoms with van der Waals surface area (Å²) in [6.07, 6.45) is 0. The molecule has 1 aromatic heterocycles. The molecule has 0 fully saturated rings. The predicted molar refractivity (Wildman–Crippen MR) is 135 cm³/mol. The average molecular weight is 424 g/mol. The van der Waals surface area contributed by atoms with Crippen molar-refractivity contribution >= 4 is 10.8 Å². The molecule has 0 saturated heterocycles. The SMILES string of the molecule is c1ccc(-c2ccc(-c3nnc(-c4ccccc4)n3-c3cccc4ccccc34)cc2)cc1. The number of rotatable bonds is 4. The van der Waals surface area contributed by atoms with Crippen molar-refractivity contribution in [3.8, 4) is 39.6 Å². The first-order chi connectivity index (χ1) is 16.4. The van der Waals surface area contributed by atoms with Crippen molar-refractivity contribution in [3.63, 3.8) is 0 Å². The van der Waals surface area contributed by atoms with Gasteiger partial charge in [0.25, 0.3) is 0 Å². The van der Waals surface area contributed by atoms with Gasteiger partial charge in [-0.15, -0.1) is 10.2 Å². The van der Waals surface area contributed by atoms with Gasteiger partial charge < -0.3 is 0 Å². The van der Waals surface area contributed by atoms with Crippen LogP contribution >= 0.6 is 0 Å². The van der Waals surface area contributed by atoms with Crippen LogP contribution in [0.5, 0.6) is 0 Å². The maximum atomic E-state index is 4.66. The van der Waals surface area contributed by atoms with Gasteiger partial charge in [-0.25, -0.2) is 0 Å². The fraction of sp³-hybridized carbons (Fsp3) is 0. The Kier molecular flexibility index (Phi) is 4.78. The van der Waals surface area contributed by atoms with Gasteiger partial charge in [-0.05, 0) is 22.6 Å². The molecular formula is C30H21N3. The molecule has 3 nitrogen and oxygen atoms in total. The Bertz CT molecular complexity index is 1530. The molecule has 1 heterocycles. The van der Waals surface area contributed by atoms with Crippen molar-refractivity contribution in [2.45, 2.75) is 0 Å². The van der Waals surface area contributed by atoms with Gasteiger partial charge in [0.05, 0.1) is 5.69 Å². The standard InChI is InChI=1S/C30H21N3/c1-3-10-22(11-4-1)23-18-20-26(21-19-23)30-32-31-29(25-13-5-2-6-14-25)33(30)28-17-9-15-24-12-7-8-16-27(24)28/h1-21H. The molecule has 0 radical (unpaired) electrons. The number of hydrogen-bond acceptors (Lipinski definition) is 2. The van der Waals surface area contributed by atoms with Crippen molar-refractivity contribution in [1.29, 1.82) is 0 Å². The van der Waals surface area contributed by atoms with Crippen LogP contribution in [-0.2, 0) is 0 Å². The first-order valence-electron chi connectivity index (χ1n) is 11.0. The molecule has 0 bridgehead atoms. The van der Waals surface area contributed by atoms with Gasteiger partial charge in [-0.3, -0.25) is 4.57 Å². The minimum Gasteiger partial charge on any atom is -0.274 e. The molecule has 0 aliphatic carbocycles. The third kappa shape index (κ3) is 3.50. The van der Waals surface area contributed by atoms with E-state index in [9.17, 15) is 0 Å². The molecule has 6 aromatic rings. The number of nitrogens with zero attached hydrogens (tertiary/aromatic N) is 3. The molecule has 0 atom stereocenters. The van der Waals surface area contributed by atoms with Gasteiger partial charge >= 0.3 is 0 Å². The van der Waals surface area contributed by atoms with Gasteiger partial charge in [0.15, 0.2) is 11.6 Å². The second-order valence-electron chi connectivity index (χ2n) is 7.99. The van der Waals surface area contributed by atoms with Crippen molar-refractivity contribution in [3.05, 3.63) is 127 Å². The van der Waals surface area contributed by atoms with Crippen LogP contribution in [0.15, 0.2) is 127 Å². The summed E-state index contributed by atoms with van der Waals surface area (Å²) >= 11 is 0. The molecule has 0 aliphatic heterocycles. The zero-order chi connectivity index (χ0) is 22.0. The first-order valence-corrected chi connectivity index (χ1v) is 11.0. The van der Waals surface area contributed by atoms with Crippen LogP contribution in [0.2, 0.25) is 0 Å². The van der Waals surface area contributed by atoms with Crippen LogP contribution in [0.25, 0.3) is 50.4 Å². The molecule has 0 saturated carbocycles. The molecule has 3 heteroatoms. The number of aromatic nitrogens is 3. The second-order valence-corrected chi connectivity index (χ2v) is 7.99. The molecule has 33 heavy (non-hydrogen) atoms. The smallest absolute Gasteiger partial charge is 0.168 e. The van der Waals surface area contributed by atoms with Crippen LogP contribution < -0.4 is 0 Å². The van der Waals surface area contributed by atoms with Gasteiger partial charge in [0.1, 0.15) is 0 Å². The lowest BCUT2D eigenvalue weighted by atomic mass is 10.0. The van der Waals surface area contributed by atoms with Crippen molar-refractivity contribution < 1.29 is 0 Å². The van der Waals surface area contributed by atoms with Gasteiger partial charge in [0.2, 0.25) is 0 Å². The highest BCUT2D eigenvalue weighted by Gasteiger charge is 2.18. The summed E-state index contributed by atoms with van der Waals surface area (Å²) in [5, 5.41) is 11.7. The Labute approximate surface area is 192 Å². The highest BCUT2D eigenvalue weighted by atomic mass is 15.3. The quantitative estimate of drug-likeness (QED) is 0.295. The zero-order valence-electron chi connectivity index (χ0n) is 18.0. The summed E-state index contributed by atoms with van der Waals surface area (Å²) in [5.74, 6) is 1.65. The summed E-state index contributed by atoms with van der Waals surface area (Å²) in [4.78, 5) is 0. The lowest BCUT2D eigenvalue weighted by Crippen LogP contribution is -2.01. The lowest BCUT2D eigenvalue weighted by Gasteiger charge is -2.14.